The van der Waals surface area contributed by atoms with Crippen molar-refractivity contribution >= 4 is 18.3 Å². The minimum atomic E-state index is 0. The summed E-state index contributed by atoms with van der Waals surface area (Å²) in [6, 6.07) is 0. The summed E-state index contributed by atoms with van der Waals surface area (Å²) in [5.41, 5.74) is 0. The smallest absolute Gasteiger partial charge is 0.226 e. The second-order valence-corrected chi connectivity index (χ2v) is 4.96. The maximum absolute atomic E-state index is 12.3. The Labute approximate surface area is 113 Å². The zero-order chi connectivity index (χ0) is 10.7. The number of hydrogen-bond donors (Lipinski definition) is 1. The van der Waals surface area contributed by atoms with Gasteiger partial charge in [0.1, 0.15) is 0 Å². The summed E-state index contributed by atoms with van der Waals surface area (Å²) in [6.07, 6.45) is 4.72. The van der Waals surface area contributed by atoms with Crippen molar-refractivity contribution in [3.63, 3.8) is 0 Å². The molecule has 0 saturated carbocycles. The molecule has 1 N–H and O–H groups in total. The molecular weight excluding hydrogens is 236 g/mol. The molecule has 0 aliphatic carbocycles. The Morgan fingerprint density at radius 1 is 1.29 bits per heavy atom. The van der Waals surface area contributed by atoms with Crippen molar-refractivity contribution in [1.29, 1.82) is 0 Å². The molecule has 3 nitrogen and oxygen atoms in total. The summed E-state index contributed by atoms with van der Waals surface area (Å²) < 4.78 is 0. The van der Waals surface area contributed by atoms with Crippen LogP contribution in [0.5, 0.6) is 0 Å². The highest BCUT2D eigenvalue weighted by Gasteiger charge is 2.31. The third-order valence-corrected chi connectivity index (χ3v) is 3.77. The molecule has 0 aromatic carbocycles. The Morgan fingerprint density at radius 2 is 1.94 bits per heavy atom. The number of amides is 1. The molecule has 2 unspecified atom stereocenters. The van der Waals surface area contributed by atoms with E-state index in [1.165, 1.54) is 19.3 Å². The quantitative estimate of drug-likeness (QED) is 0.790. The molecule has 2 saturated heterocycles. The minimum Gasteiger partial charge on any atom is -0.342 e. The van der Waals surface area contributed by atoms with Crippen molar-refractivity contribution in [1.82, 2.24) is 10.2 Å². The molecular formula is C13H29ClN2O. The summed E-state index contributed by atoms with van der Waals surface area (Å²) in [7, 11) is 0. The zero-order valence-corrected chi connectivity index (χ0v) is 10.9. The SMILES string of the molecule is C.CC1CNCCC1C(=O)N1CCCCC1.Cl.[HH]. The van der Waals surface area contributed by atoms with Crippen molar-refractivity contribution in [3.05, 3.63) is 0 Å². The van der Waals surface area contributed by atoms with E-state index in [1.807, 2.05) is 0 Å². The van der Waals surface area contributed by atoms with Crippen LogP contribution in [0.15, 0.2) is 0 Å². The maximum Gasteiger partial charge on any atom is 0.226 e. The average Bonchev–Trinajstić information content (AvgIpc) is 2.30. The molecule has 0 spiro atoms. The number of piperidine rings is 2. The second-order valence-electron chi connectivity index (χ2n) is 4.96. The van der Waals surface area contributed by atoms with E-state index in [-0.39, 0.29) is 27.2 Å². The van der Waals surface area contributed by atoms with E-state index < -0.39 is 0 Å². The molecule has 1 amide bonds. The molecule has 4 heteroatoms. The van der Waals surface area contributed by atoms with E-state index in [2.05, 4.69) is 17.1 Å². The van der Waals surface area contributed by atoms with Gasteiger partial charge in [-0.3, -0.25) is 4.79 Å². The van der Waals surface area contributed by atoms with Crippen LogP contribution in [0.3, 0.4) is 0 Å². The molecule has 0 aromatic heterocycles. The zero-order valence-electron chi connectivity index (χ0n) is 10.1. The van der Waals surface area contributed by atoms with Crippen LogP contribution in [0.25, 0.3) is 0 Å². The van der Waals surface area contributed by atoms with Gasteiger partial charge >= 0.3 is 0 Å². The Kier molecular flexibility index (Phi) is 7.80. The average molecular weight is 265 g/mol. The first-order valence-electron chi connectivity index (χ1n) is 6.28. The molecule has 2 aliphatic heterocycles. The molecule has 2 fully saturated rings. The predicted molar refractivity (Wildman–Crippen MR) is 76.7 cm³/mol. The van der Waals surface area contributed by atoms with Gasteiger partial charge in [-0.2, -0.15) is 0 Å². The maximum atomic E-state index is 12.3. The van der Waals surface area contributed by atoms with Crippen molar-refractivity contribution in [3.8, 4) is 0 Å². The monoisotopic (exact) mass is 264 g/mol. The number of hydrogen-bond acceptors (Lipinski definition) is 2. The lowest BCUT2D eigenvalue weighted by molar-refractivity contribution is -0.138. The van der Waals surface area contributed by atoms with Crippen LogP contribution in [0.2, 0.25) is 0 Å². The van der Waals surface area contributed by atoms with Crippen LogP contribution in [-0.2, 0) is 4.79 Å². The highest BCUT2D eigenvalue weighted by Crippen LogP contribution is 2.22. The standard InChI is InChI=1S/C12H22N2O.CH4.ClH.H2/c1-10-9-13-6-5-11(10)12(15)14-7-3-2-4-8-14;;;/h10-11,13H,2-9H2,1H3;1H4;2*1H. The molecule has 2 atom stereocenters. The molecule has 17 heavy (non-hydrogen) atoms. The fourth-order valence-corrected chi connectivity index (χ4v) is 2.73. The van der Waals surface area contributed by atoms with Gasteiger partial charge in [0.05, 0.1) is 0 Å². The van der Waals surface area contributed by atoms with E-state index in [0.717, 1.165) is 32.6 Å². The van der Waals surface area contributed by atoms with E-state index in [0.29, 0.717) is 11.8 Å². The molecule has 2 aliphatic rings. The van der Waals surface area contributed by atoms with Gasteiger partial charge in [-0.15, -0.1) is 12.4 Å². The van der Waals surface area contributed by atoms with Gasteiger partial charge in [-0.25, -0.2) is 0 Å². The summed E-state index contributed by atoms with van der Waals surface area (Å²) in [6.45, 7) is 6.20. The van der Waals surface area contributed by atoms with E-state index in [9.17, 15) is 4.79 Å². The molecule has 104 valence electrons. The lowest BCUT2D eigenvalue weighted by Crippen LogP contribution is -2.46. The number of carbonyl (C=O) groups is 1. The number of carbonyl (C=O) groups excluding carboxylic acids is 1. The topological polar surface area (TPSA) is 32.3 Å². The molecule has 0 aromatic rings. The summed E-state index contributed by atoms with van der Waals surface area (Å²) in [4.78, 5) is 14.4. The number of nitrogens with zero attached hydrogens (tertiary/aromatic N) is 1. The van der Waals surface area contributed by atoms with Gasteiger partial charge in [-0.1, -0.05) is 14.4 Å². The number of nitrogens with one attached hydrogen (secondary N) is 1. The molecule has 2 heterocycles. The van der Waals surface area contributed by atoms with E-state index in [4.69, 9.17) is 0 Å². The lowest BCUT2D eigenvalue weighted by Gasteiger charge is -2.35. The van der Waals surface area contributed by atoms with Crippen molar-refractivity contribution in [2.75, 3.05) is 26.2 Å². The number of likely N-dealkylation sites (tertiary alicyclic amines) is 1. The minimum absolute atomic E-state index is 0. The molecule has 0 bridgehead atoms. The highest BCUT2D eigenvalue weighted by atomic mass is 35.5. The fourth-order valence-electron chi connectivity index (χ4n) is 2.73. The van der Waals surface area contributed by atoms with Crippen LogP contribution < -0.4 is 5.32 Å². The van der Waals surface area contributed by atoms with Crippen LogP contribution in [0, 0.1) is 11.8 Å². The summed E-state index contributed by atoms with van der Waals surface area (Å²) in [5, 5.41) is 3.35. The molecule has 2 rings (SSSR count). The summed E-state index contributed by atoms with van der Waals surface area (Å²) >= 11 is 0. The fraction of sp³-hybridized carbons (Fsp3) is 0.923. The van der Waals surface area contributed by atoms with Crippen molar-refractivity contribution in [2.45, 2.75) is 40.0 Å². The highest BCUT2D eigenvalue weighted by molar-refractivity contribution is 5.85. The van der Waals surface area contributed by atoms with Gasteiger partial charge in [0.15, 0.2) is 0 Å². The van der Waals surface area contributed by atoms with Crippen LogP contribution >= 0.6 is 12.4 Å². The first kappa shape index (κ1) is 16.7. The summed E-state index contributed by atoms with van der Waals surface area (Å²) in [5.74, 6) is 1.21. The first-order valence-corrected chi connectivity index (χ1v) is 6.28. The number of rotatable bonds is 1. The third kappa shape index (κ3) is 4.14. The Balaban J connectivity index is 0. The van der Waals surface area contributed by atoms with Crippen LogP contribution in [0.4, 0.5) is 0 Å². The normalized spacial score (nSPS) is 28.9. The van der Waals surface area contributed by atoms with Gasteiger partial charge in [0.2, 0.25) is 5.91 Å². The van der Waals surface area contributed by atoms with E-state index >= 15 is 0 Å². The Morgan fingerprint density at radius 3 is 2.53 bits per heavy atom. The second kappa shape index (κ2) is 7.93. The largest absolute Gasteiger partial charge is 0.342 e. The van der Waals surface area contributed by atoms with Gasteiger partial charge in [0.25, 0.3) is 0 Å². The van der Waals surface area contributed by atoms with Crippen molar-refractivity contribution < 1.29 is 6.22 Å². The Bertz CT molecular complexity index is 235. The van der Waals surface area contributed by atoms with E-state index in [1.54, 1.807) is 0 Å². The Hall–Kier alpha value is -0.280. The lowest BCUT2D eigenvalue weighted by atomic mass is 9.86. The first-order chi connectivity index (χ1) is 7.29. The molecule has 0 radical (unpaired) electrons. The predicted octanol–water partition coefficient (Wildman–Crippen LogP) is 2.55. The number of halogens is 1. The third-order valence-electron chi connectivity index (χ3n) is 3.77. The van der Waals surface area contributed by atoms with Crippen molar-refractivity contribution in [2.24, 2.45) is 11.8 Å². The van der Waals surface area contributed by atoms with Gasteiger partial charge < -0.3 is 10.2 Å². The van der Waals surface area contributed by atoms with Crippen LogP contribution in [0.1, 0.15) is 41.5 Å². The van der Waals surface area contributed by atoms with Gasteiger partial charge in [0, 0.05) is 20.4 Å². The van der Waals surface area contributed by atoms with Gasteiger partial charge in [-0.05, 0) is 44.7 Å². The van der Waals surface area contributed by atoms with Crippen LogP contribution in [-0.4, -0.2) is 37.0 Å².